The molecule has 5 heterocycles. The van der Waals surface area contributed by atoms with Crippen LogP contribution in [0.3, 0.4) is 0 Å². The summed E-state index contributed by atoms with van der Waals surface area (Å²) >= 11 is 1.42. The highest BCUT2D eigenvalue weighted by Crippen LogP contribution is 2.50. The van der Waals surface area contributed by atoms with Crippen LogP contribution >= 0.6 is 11.3 Å². The number of aryl methyl sites for hydroxylation is 1. The summed E-state index contributed by atoms with van der Waals surface area (Å²) in [6, 6.07) is 7.66. The van der Waals surface area contributed by atoms with Gasteiger partial charge >= 0.3 is 6.09 Å². The van der Waals surface area contributed by atoms with Crippen LogP contribution in [0.2, 0.25) is 0 Å². The number of hydrogen-bond donors (Lipinski definition) is 0. The number of likely N-dealkylation sites (tertiary alicyclic amines) is 1. The molecule has 46 heavy (non-hydrogen) atoms. The maximum atomic E-state index is 12.5. The fraction of sp³-hybridized carbons (Fsp3) is 0.471. The summed E-state index contributed by atoms with van der Waals surface area (Å²) in [6.07, 6.45) is 8.33. The number of aliphatic imine (C=N–C) groups is 1. The standard InChI is InChI=1S/C34H38N6O5S/c1-20-26(19-41)46-31-28(20)29(36-25(16-27-35-12-15-43-27)30-38-37-21(2)40(30)31)22-6-8-23(9-7-22)44-24-17-34(18-24)10-13-39(14-11-34)32(42)45-33(3,4)5/h6-9,12,15,19,24-25H,10-11,13-14,16-18H2,1-5H3/t25-/m0/s1. The van der Waals surface area contributed by atoms with Gasteiger partial charge in [0.2, 0.25) is 0 Å². The molecule has 7 rings (SSSR count). The van der Waals surface area contributed by atoms with Crippen molar-refractivity contribution in [2.75, 3.05) is 13.1 Å². The molecule has 2 fully saturated rings. The molecule has 3 aromatic heterocycles. The van der Waals surface area contributed by atoms with Crippen molar-refractivity contribution < 1.29 is 23.5 Å². The van der Waals surface area contributed by atoms with Gasteiger partial charge in [-0.1, -0.05) is 0 Å². The van der Waals surface area contributed by atoms with Gasteiger partial charge in [-0.2, -0.15) is 0 Å². The number of rotatable bonds is 6. The van der Waals surface area contributed by atoms with Crippen molar-refractivity contribution in [3.8, 4) is 10.8 Å². The molecule has 1 aromatic carbocycles. The fourth-order valence-electron chi connectivity index (χ4n) is 6.83. The number of thiophene rings is 1. The summed E-state index contributed by atoms with van der Waals surface area (Å²) in [5.41, 5.74) is 3.23. The summed E-state index contributed by atoms with van der Waals surface area (Å²) in [5, 5.41) is 9.74. The predicted octanol–water partition coefficient (Wildman–Crippen LogP) is 6.44. The molecule has 0 unspecified atom stereocenters. The molecular weight excluding hydrogens is 604 g/mol. The Morgan fingerprint density at radius 3 is 2.52 bits per heavy atom. The third kappa shape index (κ3) is 5.63. The van der Waals surface area contributed by atoms with Gasteiger partial charge in [0.05, 0.1) is 29.3 Å². The molecule has 0 radical (unpaired) electrons. The van der Waals surface area contributed by atoms with E-state index in [0.29, 0.717) is 23.0 Å². The largest absolute Gasteiger partial charge is 0.490 e. The lowest BCUT2D eigenvalue weighted by atomic mass is 9.61. The number of benzene rings is 1. The normalized spacial score (nSPS) is 19.1. The van der Waals surface area contributed by atoms with E-state index in [9.17, 15) is 9.59 Å². The number of carbonyl (C=O) groups excluding carboxylic acids is 2. The number of hydrogen-bond acceptors (Lipinski definition) is 10. The molecule has 1 aliphatic carbocycles. The van der Waals surface area contributed by atoms with Crippen molar-refractivity contribution in [1.82, 2.24) is 24.6 Å². The SMILES string of the molecule is Cc1c(C=O)sc2c1C(c1ccc(OC3CC4(CCN(C(=O)OC(C)(C)C)CC4)C3)cc1)=N[C@@H](Cc1ncco1)c1nnc(C)n1-2. The van der Waals surface area contributed by atoms with Crippen LogP contribution in [0.5, 0.6) is 5.75 Å². The fourth-order valence-corrected chi connectivity index (χ4v) is 8.01. The molecule has 4 aromatic rings. The second-order valence-electron chi connectivity index (χ2n) is 13.6. The minimum Gasteiger partial charge on any atom is -0.490 e. The maximum Gasteiger partial charge on any atom is 0.410 e. The summed E-state index contributed by atoms with van der Waals surface area (Å²) in [4.78, 5) is 36.6. The first-order valence-corrected chi connectivity index (χ1v) is 16.6. The van der Waals surface area contributed by atoms with Gasteiger partial charge in [0.25, 0.3) is 0 Å². The zero-order chi connectivity index (χ0) is 32.2. The van der Waals surface area contributed by atoms with Gasteiger partial charge < -0.3 is 18.8 Å². The van der Waals surface area contributed by atoms with Crippen LogP contribution in [0, 0.1) is 19.3 Å². The molecule has 1 atom stereocenters. The van der Waals surface area contributed by atoms with Crippen LogP contribution in [0.4, 0.5) is 4.79 Å². The smallest absolute Gasteiger partial charge is 0.410 e. The van der Waals surface area contributed by atoms with Gasteiger partial charge in [-0.05, 0) is 95.5 Å². The first-order chi connectivity index (χ1) is 22.0. The molecule has 1 saturated heterocycles. The van der Waals surface area contributed by atoms with Gasteiger partial charge in [-0.25, -0.2) is 9.78 Å². The van der Waals surface area contributed by atoms with Crippen LogP contribution in [-0.2, 0) is 11.2 Å². The van der Waals surface area contributed by atoms with Gasteiger partial charge in [0.1, 0.15) is 34.5 Å². The average molecular weight is 643 g/mol. The number of amides is 1. The van der Waals surface area contributed by atoms with E-state index in [1.807, 2.05) is 68.4 Å². The number of fused-ring (bicyclic) bond motifs is 3. The Balaban J connectivity index is 1.09. The van der Waals surface area contributed by atoms with Crippen molar-refractivity contribution in [3.05, 3.63) is 75.8 Å². The molecule has 3 aliphatic rings. The summed E-state index contributed by atoms with van der Waals surface area (Å²) < 4.78 is 19.6. The molecule has 0 N–H and O–H groups in total. The number of carbonyl (C=O) groups is 2. The highest BCUT2D eigenvalue weighted by atomic mass is 32.1. The molecule has 2 aliphatic heterocycles. The molecule has 1 spiro atoms. The van der Waals surface area contributed by atoms with Gasteiger partial charge in [-0.3, -0.25) is 14.4 Å². The van der Waals surface area contributed by atoms with Crippen molar-refractivity contribution in [2.24, 2.45) is 10.4 Å². The van der Waals surface area contributed by atoms with Crippen LogP contribution in [0.25, 0.3) is 5.00 Å². The minimum atomic E-state index is -0.484. The van der Waals surface area contributed by atoms with Gasteiger partial charge in [-0.15, -0.1) is 21.5 Å². The number of aromatic nitrogens is 4. The Kier molecular flexibility index (Phi) is 7.57. The van der Waals surface area contributed by atoms with Crippen molar-refractivity contribution in [1.29, 1.82) is 0 Å². The van der Waals surface area contributed by atoms with Gasteiger partial charge in [0, 0.05) is 24.2 Å². The monoisotopic (exact) mass is 642 g/mol. The van der Waals surface area contributed by atoms with Crippen molar-refractivity contribution in [3.63, 3.8) is 0 Å². The Labute approximate surface area is 271 Å². The summed E-state index contributed by atoms with van der Waals surface area (Å²) in [5.74, 6) is 2.78. The third-order valence-electron chi connectivity index (χ3n) is 9.22. The lowest BCUT2D eigenvalue weighted by molar-refractivity contribution is -0.0583. The molecule has 11 nitrogen and oxygen atoms in total. The summed E-state index contributed by atoms with van der Waals surface area (Å²) in [7, 11) is 0. The Bertz CT molecular complexity index is 1780. The number of piperidine rings is 1. The van der Waals surface area contributed by atoms with Crippen molar-refractivity contribution in [2.45, 2.75) is 84.5 Å². The van der Waals surface area contributed by atoms with Crippen molar-refractivity contribution >= 4 is 29.4 Å². The molecule has 1 saturated carbocycles. The molecule has 12 heteroatoms. The molecule has 1 amide bonds. The lowest BCUT2D eigenvalue weighted by Gasteiger charge is -2.51. The van der Waals surface area contributed by atoms with Crippen LogP contribution in [-0.4, -0.2) is 67.5 Å². The van der Waals surface area contributed by atoms with E-state index in [0.717, 1.165) is 84.0 Å². The molecule has 0 bridgehead atoms. The zero-order valence-electron chi connectivity index (χ0n) is 26.8. The average Bonchev–Trinajstić information content (AvgIpc) is 3.71. The van der Waals surface area contributed by atoms with E-state index < -0.39 is 11.6 Å². The molecular formula is C34H38N6O5S. The number of ether oxygens (including phenoxy) is 2. The van der Waals surface area contributed by atoms with E-state index in [2.05, 4.69) is 15.2 Å². The Morgan fingerprint density at radius 1 is 1.13 bits per heavy atom. The first kappa shape index (κ1) is 30.3. The first-order valence-electron chi connectivity index (χ1n) is 15.7. The topological polar surface area (TPSA) is 125 Å². The predicted molar refractivity (Wildman–Crippen MR) is 172 cm³/mol. The lowest BCUT2D eigenvalue weighted by Crippen LogP contribution is -2.52. The number of nitrogens with zero attached hydrogens (tertiary/aromatic N) is 6. The zero-order valence-corrected chi connectivity index (χ0v) is 27.6. The maximum absolute atomic E-state index is 12.5. The molecule has 240 valence electrons. The van der Waals surface area contributed by atoms with E-state index in [-0.39, 0.29) is 17.6 Å². The summed E-state index contributed by atoms with van der Waals surface area (Å²) in [6.45, 7) is 11.0. The second-order valence-corrected chi connectivity index (χ2v) is 14.6. The highest BCUT2D eigenvalue weighted by molar-refractivity contribution is 7.16. The van der Waals surface area contributed by atoms with E-state index >= 15 is 0 Å². The Hall–Kier alpha value is -4.32. The number of oxazole rings is 1. The number of aldehydes is 1. The van der Waals surface area contributed by atoms with E-state index in [4.69, 9.17) is 18.9 Å². The highest BCUT2D eigenvalue weighted by Gasteiger charge is 2.48. The van der Waals surface area contributed by atoms with Crippen LogP contribution in [0.1, 0.15) is 96.4 Å². The van der Waals surface area contributed by atoms with E-state index in [1.165, 1.54) is 11.3 Å². The quantitative estimate of drug-likeness (QED) is 0.220. The van der Waals surface area contributed by atoms with Gasteiger partial charge in [0.15, 0.2) is 18.0 Å². The van der Waals surface area contributed by atoms with Crippen LogP contribution < -0.4 is 4.74 Å². The second kappa shape index (κ2) is 11.5. The minimum absolute atomic E-state index is 0.146. The third-order valence-corrected chi connectivity index (χ3v) is 10.4. The van der Waals surface area contributed by atoms with Crippen LogP contribution in [0.15, 0.2) is 46.1 Å². The van der Waals surface area contributed by atoms with E-state index in [1.54, 1.807) is 12.5 Å². The Morgan fingerprint density at radius 2 is 1.87 bits per heavy atom.